The summed E-state index contributed by atoms with van der Waals surface area (Å²) in [6.07, 6.45) is 2.39. The van der Waals surface area contributed by atoms with Gasteiger partial charge in [0, 0.05) is 4.47 Å². The molecule has 72 valence electrons. The van der Waals surface area contributed by atoms with E-state index < -0.39 is 11.8 Å². The maximum Gasteiger partial charge on any atom is 1.00 e. The standard InChI is InChI=1S/C10H7BrO3.K/c11-8-4-1-7(2-5-8)3-6-9(12)10(13)14;/h1-6H,(H,13,14);/q;+1/p-1. The van der Waals surface area contributed by atoms with E-state index in [1.54, 1.807) is 24.3 Å². The molecule has 5 heteroatoms. The molecule has 0 bridgehead atoms. The summed E-state index contributed by atoms with van der Waals surface area (Å²) in [5.41, 5.74) is 0.753. The van der Waals surface area contributed by atoms with Gasteiger partial charge >= 0.3 is 51.4 Å². The molecular formula is C10H6BrKO3. The first kappa shape index (κ1) is 15.2. The minimum atomic E-state index is -1.70. The smallest absolute Gasteiger partial charge is 0.541 e. The van der Waals surface area contributed by atoms with Crippen molar-refractivity contribution in [2.24, 2.45) is 0 Å². The van der Waals surface area contributed by atoms with E-state index in [4.69, 9.17) is 0 Å². The fourth-order valence-corrected chi connectivity index (χ4v) is 1.08. The molecule has 0 atom stereocenters. The van der Waals surface area contributed by atoms with Gasteiger partial charge in [-0.05, 0) is 23.8 Å². The molecular weight excluding hydrogens is 287 g/mol. The van der Waals surface area contributed by atoms with E-state index in [0.717, 1.165) is 16.1 Å². The Bertz CT molecular complexity index is 384. The van der Waals surface area contributed by atoms with Crippen LogP contribution in [0.15, 0.2) is 34.8 Å². The summed E-state index contributed by atoms with van der Waals surface area (Å²) >= 11 is 3.25. The molecule has 0 N–H and O–H groups in total. The molecule has 0 aliphatic rings. The Hall–Kier alpha value is 0.216. The fraction of sp³-hybridized carbons (Fsp3) is 0. The zero-order valence-corrected chi connectivity index (χ0v) is 12.8. The second-order valence-electron chi connectivity index (χ2n) is 2.54. The molecule has 0 aromatic heterocycles. The number of hydrogen-bond acceptors (Lipinski definition) is 3. The van der Waals surface area contributed by atoms with E-state index in [2.05, 4.69) is 15.9 Å². The molecule has 0 fully saturated rings. The molecule has 0 aliphatic heterocycles. The van der Waals surface area contributed by atoms with Gasteiger partial charge in [-0.1, -0.05) is 34.1 Å². The van der Waals surface area contributed by atoms with Gasteiger partial charge in [0.05, 0.1) is 0 Å². The summed E-state index contributed by atoms with van der Waals surface area (Å²) in [4.78, 5) is 20.7. The number of carbonyl (C=O) groups is 2. The maximum atomic E-state index is 10.6. The van der Waals surface area contributed by atoms with Crippen LogP contribution in [0.1, 0.15) is 5.56 Å². The Kier molecular flexibility index (Phi) is 7.59. The molecule has 3 nitrogen and oxygen atoms in total. The van der Waals surface area contributed by atoms with Crippen molar-refractivity contribution in [1.29, 1.82) is 0 Å². The van der Waals surface area contributed by atoms with Crippen LogP contribution in [0.2, 0.25) is 0 Å². The van der Waals surface area contributed by atoms with Crippen molar-refractivity contribution in [3.05, 3.63) is 40.4 Å². The normalized spacial score (nSPS) is 9.67. The zero-order valence-electron chi connectivity index (χ0n) is 8.07. The molecule has 15 heavy (non-hydrogen) atoms. The van der Waals surface area contributed by atoms with Crippen LogP contribution in [0.5, 0.6) is 0 Å². The van der Waals surface area contributed by atoms with Crippen LogP contribution in [-0.4, -0.2) is 11.8 Å². The molecule has 0 heterocycles. The maximum absolute atomic E-state index is 10.6. The van der Waals surface area contributed by atoms with Gasteiger partial charge in [-0.25, -0.2) is 0 Å². The van der Waals surface area contributed by atoms with Crippen LogP contribution in [-0.2, 0) is 9.59 Å². The van der Waals surface area contributed by atoms with Gasteiger partial charge in [-0.3, -0.25) is 4.79 Å². The number of aliphatic carboxylic acids is 1. The van der Waals surface area contributed by atoms with Crippen molar-refractivity contribution in [3.8, 4) is 0 Å². The Labute approximate surface area is 138 Å². The number of hydrogen-bond donors (Lipinski definition) is 0. The monoisotopic (exact) mass is 292 g/mol. The Morgan fingerprint density at radius 2 is 1.73 bits per heavy atom. The van der Waals surface area contributed by atoms with Gasteiger partial charge in [-0.2, -0.15) is 0 Å². The summed E-state index contributed by atoms with van der Waals surface area (Å²) in [5.74, 6) is -2.73. The van der Waals surface area contributed by atoms with Crippen molar-refractivity contribution < 1.29 is 66.1 Å². The first-order valence-electron chi connectivity index (χ1n) is 3.78. The van der Waals surface area contributed by atoms with Gasteiger partial charge < -0.3 is 9.90 Å². The number of halogens is 1. The predicted octanol–water partition coefficient (Wildman–Crippen LogP) is -2.21. The van der Waals surface area contributed by atoms with Crippen molar-refractivity contribution in [1.82, 2.24) is 0 Å². The second-order valence-corrected chi connectivity index (χ2v) is 3.45. The van der Waals surface area contributed by atoms with Crippen LogP contribution in [0.25, 0.3) is 6.08 Å². The first-order chi connectivity index (χ1) is 6.59. The number of benzene rings is 1. The zero-order chi connectivity index (χ0) is 10.6. The number of carboxylic acids is 1. The number of carbonyl (C=O) groups excluding carboxylic acids is 2. The molecule has 1 aromatic carbocycles. The van der Waals surface area contributed by atoms with E-state index in [1.165, 1.54) is 6.08 Å². The van der Waals surface area contributed by atoms with Crippen molar-refractivity contribution >= 4 is 33.8 Å². The fourth-order valence-electron chi connectivity index (χ4n) is 0.814. The molecule has 1 aromatic rings. The predicted molar refractivity (Wildman–Crippen MR) is 53.2 cm³/mol. The molecule has 0 radical (unpaired) electrons. The van der Waals surface area contributed by atoms with Gasteiger partial charge in [0.15, 0.2) is 0 Å². The first-order valence-corrected chi connectivity index (χ1v) is 4.58. The molecule has 0 spiro atoms. The third-order valence-electron chi connectivity index (χ3n) is 1.50. The van der Waals surface area contributed by atoms with Gasteiger partial charge in [0.25, 0.3) is 0 Å². The topological polar surface area (TPSA) is 57.2 Å². The second kappa shape index (κ2) is 7.48. The SMILES string of the molecule is O=C([O-])C(=O)C=Cc1ccc(Br)cc1.[K+]. The molecule has 0 amide bonds. The van der Waals surface area contributed by atoms with Crippen molar-refractivity contribution in [2.75, 3.05) is 0 Å². The Balaban J connectivity index is 0.00000196. The third-order valence-corrected chi connectivity index (χ3v) is 2.03. The minimum absolute atomic E-state index is 0. The quantitative estimate of drug-likeness (QED) is 0.360. The summed E-state index contributed by atoms with van der Waals surface area (Å²) in [7, 11) is 0. The van der Waals surface area contributed by atoms with Crippen LogP contribution in [0.3, 0.4) is 0 Å². The summed E-state index contributed by atoms with van der Waals surface area (Å²) < 4.78 is 0.917. The number of rotatable bonds is 3. The van der Waals surface area contributed by atoms with Crippen LogP contribution in [0, 0.1) is 0 Å². The van der Waals surface area contributed by atoms with Crippen molar-refractivity contribution in [2.45, 2.75) is 0 Å². The average molecular weight is 293 g/mol. The Morgan fingerprint density at radius 3 is 2.20 bits per heavy atom. The molecule has 0 saturated heterocycles. The van der Waals surface area contributed by atoms with E-state index >= 15 is 0 Å². The van der Waals surface area contributed by atoms with E-state index in [1.807, 2.05) is 0 Å². The average Bonchev–Trinajstić information content (AvgIpc) is 2.16. The number of ketones is 1. The summed E-state index contributed by atoms with van der Waals surface area (Å²) in [6.45, 7) is 0. The molecule has 0 unspecified atom stereocenters. The molecule has 0 saturated carbocycles. The molecule has 0 aliphatic carbocycles. The molecule has 1 rings (SSSR count). The van der Waals surface area contributed by atoms with Crippen molar-refractivity contribution in [3.63, 3.8) is 0 Å². The Morgan fingerprint density at radius 1 is 1.20 bits per heavy atom. The van der Waals surface area contributed by atoms with Gasteiger partial charge in [0.2, 0.25) is 5.78 Å². The van der Waals surface area contributed by atoms with Crippen LogP contribution < -0.4 is 56.5 Å². The van der Waals surface area contributed by atoms with Gasteiger partial charge in [0.1, 0.15) is 5.97 Å². The largest absolute Gasteiger partial charge is 1.00 e. The number of carboxylic acid groups (broad SMARTS) is 1. The van der Waals surface area contributed by atoms with E-state index in [9.17, 15) is 14.7 Å². The summed E-state index contributed by atoms with van der Waals surface area (Å²) in [5, 5.41) is 10.1. The van der Waals surface area contributed by atoms with Gasteiger partial charge in [-0.15, -0.1) is 0 Å². The minimum Gasteiger partial charge on any atom is -0.541 e. The van der Waals surface area contributed by atoms with E-state index in [0.29, 0.717) is 0 Å². The third kappa shape index (κ3) is 5.75. The summed E-state index contributed by atoms with van der Waals surface area (Å²) in [6, 6.07) is 7.10. The van der Waals surface area contributed by atoms with Crippen LogP contribution >= 0.6 is 15.9 Å². The van der Waals surface area contributed by atoms with Crippen LogP contribution in [0.4, 0.5) is 0 Å². The van der Waals surface area contributed by atoms with E-state index in [-0.39, 0.29) is 51.4 Å².